The van der Waals surface area contributed by atoms with Crippen LogP contribution in [0, 0.1) is 0 Å². The van der Waals surface area contributed by atoms with Gasteiger partial charge in [0.05, 0.1) is 24.5 Å². The molecule has 29 heavy (non-hydrogen) atoms. The molecule has 0 radical (unpaired) electrons. The largest absolute Gasteiger partial charge is 0.461 e. The first kappa shape index (κ1) is 17.2. The van der Waals surface area contributed by atoms with Crippen LogP contribution in [0.1, 0.15) is 23.1 Å². The van der Waals surface area contributed by atoms with Crippen molar-refractivity contribution in [3.05, 3.63) is 72.3 Å². The fraction of sp³-hybridized carbons (Fsp3) is 0.143. The first-order valence-corrected chi connectivity index (χ1v) is 9.25. The van der Waals surface area contributed by atoms with E-state index in [1.807, 2.05) is 63.7 Å². The van der Waals surface area contributed by atoms with Crippen LogP contribution in [0.15, 0.2) is 60.9 Å². The molecule has 0 fully saturated rings. The third-order valence-electron chi connectivity index (χ3n) is 4.72. The third-order valence-corrected chi connectivity index (χ3v) is 4.72. The summed E-state index contributed by atoms with van der Waals surface area (Å²) in [5.74, 6) is 0.852. The molecule has 0 saturated carbocycles. The van der Waals surface area contributed by atoms with Gasteiger partial charge in [0.25, 0.3) is 0 Å². The minimum absolute atomic E-state index is 0.272. The lowest BCUT2D eigenvalue weighted by Crippen LogP contribution is -2.12. The highest BCUT2D eigenvalue weighted by atomic mass is 16.5. The molecule has 0 unspecified atom stereocenters. The molecule has 8 nitrogen and oxygen atoms in total. The van der Waals surface area contributed by atoms with Crippen molar-refractivity contribution in [2.45, 2.75) is 13.5 Å². The van der Waals surface area contributed by atoms with Gasteiger partial charge in [-0.05, 0) is 31.2 Å². The Kier molecular flexibility index (Phi) is 4.09. The zero-order chi connectivity index (χ0) is 19.8. The molecule has 1 aliphatic rings. The topological polar surface area (TPSA) is 84.1 Å². The summed E-state index contributed by atoms with van der Waals surface area (Å²) < 4.78 is 14.9. The molecule has 8 heteroatoms. The molecule has 2 aromatic carbocycles. The van der Waals surface area contributed by atoms with Gasteiger partial charge in [-0.2, -0.15) is 0 Å². The molecule has 0 spiro atoms. The average molecular weight is 387 g/mol. The van der Waals surface area contributed by atoms with Gasteiger partial charge in [0.2, 0.25) is 0 Å². The number of para-hydroxylation sites is 2. The van der Waals surface area contributed by atoms with E-state index < -0.39 is 5.97 Å². The lowest BCUT2D eigenvalue weighted by molar-refractivity contribution is 0.0518. The van der Waals surface area contributed by atoms with Crippen LogP contribution in [0.25, 0.3) is 17.1 Å². The maximum atomic E-state index is 12.5. The van der Waals surface area contributed by atoms with Crippen LogP contribution in [-0.4, -0.2) is 36.9 Å². The van der Waals surface area contributed by atoms with Crippen molar-refractivity contribution in [3.8, 4) is 28.8 Å². The molecular formula is C21H17N5O3. The molecule has 5 rings (SSSR count). The van der Waals surface area contributed by atoms with E-state index >= 15 is 0 Å². The van der Waals surface area contributed by atoms with Crippen LogP contribution in [-0.2, 0) is 11.3 Å². The summed E-state index contributed by atoms with van der Waals surface area (Å²) >= 11 is 0. The zero-order valence-electron chi connectivity index (χ0n) is 15.6. The summed E-state index contributed by atoms with van der Waals surface area (Å²) in [6.07, 6.45) is 1.64. The van der Waals surface area contributed by atoms with Crippen LogP contribution in [0.3, 0.4) is 0 Å². The Hall–Kier alpha value is -3.94. The summed E-state index contributed by atoms with van der Waals surface area (Å²) in [4.78, 5) is 16.8. The van der Waals surface area contributed by atoms with Gasteiger partial charge in [0.15, 0.2) is 11.5 Å². The van der Waals surface area contributed by atoms with E-state index in [1.54, 1.807) is 13.3 Å². The Morgan fingerprint density at radius 2 is 1.86 bits per heavy atom. The van der Waals surface area contributed by atoms with E-state index in [9.17, 15) is 4.79 Å². The normalized spacial score (nSPS) is 11.8. The van der Waals surface area contributed by atoms with Gasteiger partial charge in [0.1, 0.15) is 12.1 Å². The number of hydrogen-bond donors (Lipinski definition) is 0. The van der Waals surface area contributed by atoms with Gasteiger partial charge in [-0.1, -0.05) is 35.4 Å². The van der Waals surface area contributed by atoms with Crippen LogP contribution in [0.5, 0.6) is 11.8 Å². The molecule has 144 valence electrons. The number of hydrogen-bond acceptors (Lipinski definition) is 6. The number of carbonyl (C=O) groups is 1. The fourth-order valence-electron chi connectivity index (χ4n) is 3.42. The lowest BCUT2D eigenvalue weighted by atomic mass is 10.1. The van der Waals surface area contributed by atoms with Gasteiger partial charge >= 0.3 is 12.0 Å². The molecule has 0 amide bonds. The molecule has 1 aliphatic heterocycles. The Balaban J connectivity index is 1.67. The van der Waals surface area contributed by atoms with Crippen LogP contribution in [0.2, 0.25) is 0 Å². The van der Waals surface area contributed by atoms with Crippen LogP contribution in [0.4, 0.5) is 0 Å². The Morgan fingerprint density at radius 3 is 2.69 bits per heavy atom. The van der Waals surface area contributed by atoms with Crippen molar-refractivity contribution in [3.63, 3.8) is 0 Å². The first-order valence-electron chi connectivity index (χ1n) is 9.25. The van der Waals surface area contributed by atoms with Crippen molar-refractivity contribution in [2.75, 3.05) is 6.61 Å². The Bertz CT molecular complexity index is 1200. The number of fused-ring (bicyclic) bond motifs is 5. The Labute approximate surface area is 166 Å². The summed E-state index contributed by atoms with van der Waals surface area (Å²) in [7, 11) is 0. The quantitative estimate of drug-likeness (QED) is 0.439. The average Bonchev–Trinajstić information content (AvgIpc) is 3.31. The number of aromatic nitrogens is 5. The zero-order valence-corrected chi connectivity index (χ0v) is 15.6. The predicted molar refractivity (Wildman–Crippen MR) is 104 cm³/mol. The van der Waals surface area contributed by atoms with E-state index in [-0.39, 0.29) is 12.3 Å². The second-order valence-corrected chi connectivity index (χ2v) is 6.45. The van der Waals surface area contributed by atoms with E-state index in [4.69, 9.17) is 9.47 Å². The SMILES string of the molecule is CCOC(=O)c1ncn2c1Cn1c(Oc3ccccc3)nnc1-c1ccccc1-2. The number of carbonyl (C=O) groups excluding carboxylic acids is 1. The van der Waals surface area contributed by atoms with E-state index in [2.05, 4.69) is 15.2 Å². The first-order chi connectivity index (χ1) is 14.3. The number of nitrogens with zero attached hydrogens (tertiary/aromatic N) is 5. The monoisotopic (exact) mass is 387 g/mol. The molecule has 0 aliphatic carbocycles. The minimum Gasteiger partial charge on any atom is -0.461 e. The van der Waals surface area contributed by atoms with E-state index in [0.717, 1.165) is 11.3 Å². The molecule has 4 aromatic rings. The molecule has 0 saturated heterocycles. The van der Waals surface area contributed by atoms with Crippen LogP contribution >= 0.6 is 0 Å². The van der Waals surface area contributed by atoms with Crippen molar-refractivity contribution < 1.29 is 14.3 Å². The summed E-state index contributed by atoms with van der Waals surface area (Å²) in [5, 5.41) is 8.61. The molecule has 0 N–H and O–H groups in total. The fourth-order valence-corrected chi connectivity index (χ4v) is 3.42. The molecule has 2 aromatic heterocycles. The number of ether oxygens (including phenoxy) is 2. The molecular weight excluding hydrogens is 370 g/mol. The molecule has 3 heterocycles. The molecule has 0 bridgehead atoms. The molecule has 0 atom stereocenters. The lowest BCUT2D eigenvalue weighted by Gasteiger charge is -2.10. The van der Waals surface area contributed by atoms with Gasteiger partial charge < -0.3 is 9.47 Å². The second kappa shape index (κ2) is 6.90. The van der Waals surface area contributed by atoms with E-state index in [1.165, 1.54) is 0 Å². The van der Waals surface area contributed by atoms with Crippen molar-refractivity contribution in [1.82, 2.24) is 24.3 Å². The summed E-state index contributed by atoms with van der Waals surface area (Å²) in [6.45, 7) is 2.36. The highest BCUT2D eigenvalue weighted by molar-refractivity contribution is 5.89. The van der Waals surface area contributed by atoms with Gasteiger partial charge in [-0.25, -0.2) is 9.78 Å². The van der Waals surface area contributed by atoms with E-state index in [0.29, 0.717) is 29.8 Å². The van der Waals surface area contributed by atoms with Gasteiger partial charge in [0, 0.05) is 5.56 Å². The maximum absolute atomic E-state index is 12.5. The predicted octanol–water partition coefficient (Wildman–Crippen LogP) is 3.46. The van der Waals surface area contributed by atoms with Crippen LogP contribution < -0.4 is 4.74 Å². The Morgan fingerprint density at radius 1 is 1.07 bits per heavy atom. The summed E-state index contributed by atoms with van der Waals surface area (Å²) in [6, 6.07) is 17.5. The maximum Gasteiger partial charge on any atom is 0.358 e. The van der Waals surface area contributed by atoms with Gasteiger partial charge in [-0.15, -0.1) is 5.10 Å². The van der Waals surface area contributed by atoms with Crippen molar-refractivity contribution >= 4 is 5.97 Å². The number of rotatable bonds is 4. The van der Waals surface area contributed by atoms with Gasteiger partial charge in [-0.3, -0.25) is 9.13 Å². The van der Waals surface area contributed by atoms with Crippen molar-refractivity contribution in [1.29, 1.82) is 0 Å². The highest BCUT2D eigenvalue weighted by Crippen LogP contribution is 2.34. The third kappa shape index (κ3) is 2.85. The highest BCUT2D eigenvalue weighted by Gasteiger charge is 2.28. The smallest absolute Gasteiger partial charge is 0.358 e. The summed E-state index contributed by atoms with van der Waals surface area (Å²) in [5.41, 5.74) is 2.69. The number of esters is 1. The second-order valence-electron chi connectivity index (χ2n) is 6.45. The van der Waals surface area contributed by atoms with Crippen molar-refractivity contribution in [2.24, 2.45) is 0 Å². The minimum atomic E-state index is -0.458. The number of benzene rings is 2. The number of imidazole rings is 1. The standard InChI is InChI=1S/C21H17N5O3/c1-2-28-20(27)18-17-12-25-19(15-10-6-7-11-16(15)26(17)13-22-18)23-24-21(25)29-14-8-4-3-5-9-14/h3-11,13H,2,12H2,1H3.